The van der Waals surface area contributed by atoms with Crippen molar-refractivity contribution >= 4 is 22.9 Å². The molecule has 0 aliphatic heterocycles. The van der Waals surface area contributed by atoms with Gasteiger partial charge in [-0.2, -0.15) is 14.9 Å². The lowest BCUT2D eigenvalue weighted by molar-refractivity contribution is 0.00193. The summed E-state index contributed by atoms with van der Waals surface area (Å²) in [7, 11) is 5.19. The van der Waals surface area contributed by atoms with E-state index in [0.29, 0.717) is 22.4 Å². The van der Waals surface area contributed by atoms with Crippen molar-refractivity contribution < 1.29 is 9.23 Å². The molecular formula is C29H39FN8O2. The summed E-state index contributed by atoms with van der Waals surface area (Å²) in [5, 5.41) is 26.0. The summed E-state index contributed by atoms with van der Waals surface area (Å²) in [4.78, 5) is 24.1. The van der Waals surface area contributed by atoms with E-state index in [0.717, 1.165) is 25.7 Å². The van der Waals surface area contributed by atoms with Gasteiger partial charge in [0.25, 0.3) is 5.56 Å². The third-order valence-electron chi connectivity index (χ3n) is 6.31. The van der Waals surface area contributed by atoms with Crippen molar-refractivity contribution in [3.05, 3.63) is 51.5 Å². The van der Waals surface area contributed by atoms with E-state index in [1.165, 1.54) is 28.0 Å². The minimum atomic E-state index is -0.523. The molecule has 3 aromatic heterocycles. The quantitative estimate of drug-likeness (QED) is 0.324. The average molecular weight is 551 g/mol. The van der Waals surface area contributed by atoms with Crippen LogP contribution < -0.4 is 10.5 Å². The van der Waals surface area contributed by atoms with Crippen LogP contribution in [0.25, 0.3) is 11.0 Å². The van der Waals surface area contributed by atoms with Crippen LogP contribution >= 0.6 is 0 Å². The molecule has 214 valence electrons. The number of pyridine rings is 2. The summed E-state index contributed by atoms with van der Waals surface area (Å²) in [6.45, 7) is 9.65. The Kier molecular flexibility index (Phi) is 11.4. The number of halogens is 1. The maximum absolute atomic E-state index is 12.6. The predicted molar refractivity (Wildman–Crippen MR) is 155 cm³/mol. The highest BCUT2D eigenvalue weighted by Gasteiger charge is 2.25. The zero-order valence-electron chi connectivity index (χ0n) is 24.7. The Morgan fingerprint density at radius 3 is 2.33 bits per heavy atom. The van der Waals surface area contributed by atoms with Crippen molar-refractivity contribution in [1.82, 2.24) is 19.3 Å². The Bertz CT molecular complexity index is 1460. The van der Waals surface area contributed by atoms with Gasteiger partial charge in [0, 0.05) is 33.3 Å². The number of fused-ring (bicyclic) bond motifs is 1. The topological polar surface area (TPSA) is 125 Å². The molecule has 0 atom stereocenters. The number of rotatable bonds is 4. The molecule has 0 saturated heterocycles. The number of aromatic nitrogens is 4. The van der Waals surface area contributed by atoms with Crippen molar-refractivity contribution in [2.45, 2.75) is 78.4 Å². The summed E-state index contributed by atoms with van der Waals surface area (Å²) in [5.41, 5.74) is 2.01. The molecule has 0 aromatic carbocycles. The number of aryl methyl sites for hydroxylation is 2. The number of anilines is 1. The van der Waals surface area contributed by atoms with Gasteiger partial charge in [-0.15, -0.1) is 5.10 Å². The van der Waals surface area contributed by atoms with Gasteiger partial charge in [0.15, 0.2) is 0 Å². The van der Waals surface area contributed by atoms with Crippen LogP contribution in [0.2, 0.25) is 0 Å². The van der Waals surface area contributed by atoms with Crippen LogP contribution in [0.5, 0.6) is 0 Å². The molecule has 0 unspecified atom stereocenters. The van der Waals surface area contributed by atoms with Crippen molar-refractivity contribution in [1.29, 1.82) is 10.5 Å². The Labute approximate surface area is 235 Å². The van der Waals surface area contributed by atoms with Crippen molar-refractivity contribution in [2.75, 3.05) is 11.9 Å². The summed E-state index contributed by atoms with van der Waals surface area (Å²) < 4.78 is 15.4. The maximum Gasteiger partial charge on any atom is 0.270 e. The number of nitriles is 2. The highest BCUT2D eigenvalue weighted by atomic mass is 19.1. The lowest BCUT2D eigenvalue weighted by Crippen LogP contribution is -2.36. The van der Waals surface area contributed by atoms with Gasteiger partial charge in [-0.1, -0.05) is 38.3 Å². The maximum atomic E-state index is 12.6. The molecule has 3 aromatic rings. The molecule has 0 N–H and O–H groups in total. The van der Waals surface area contributed by atoms with Gasteiger partial charge in [0.05, 0.1) is 23.1 Å². The molecule has 40 heavy (non-hydrogen) atoms. The Morgan fingerprint density at radius 2 is 1.80 bits per heavy atom. The van der Waals surface area contributed by atoms with Crippen molar-refractivity contribution in [3.8, 4) is 12.1 Å². The minimum absolute atomic E-state index is 0.0978. The van der Waals surface area contributed by atoms with Crippen LogP contribution in [0.1, 0.15) is 83.7 Å². The zero-order chi connectivity index (χ0) is 30.0. The van der Waals surface area contributed by atoms with Crippen molar-refractivity contribution in [2.24, 2.45) is 19.3 Å². The zero-order valence-corrected chi connectivity index (χ0v) is 24.7. The second kappa shape index (κ2) is 14.2. The van der Waals surface area contributed by atoms with Crippen LogP contribution in [0, 0.1) is 28.6 Å². The highest BCUT2D eigenvalue weighted by Crippen LogP contribution is 2.32. The van der Waals surface area contributed by atoms with E-state index in [9.17, 15) is 14.4 Å². The van der Waals surface area contributed by atoms with E-state index in [1.54, 1.807) is 26.2 Å². The standard InChI is InChI=1S/C18H19N5O.C9H14FN3O.C2H6/c1-22(13-6-4-3-5-7-13)17-14(11-20)18(24)23(2)15-9-8-12(10-19)21-16(15)17;1-9(2,3)14-11-6-7-5-8(10)12-13(7)4;1-2/h8-9,13H,3-7H2,1-2H3;5-6H,1-4H3;1-2H3/b;11-6-;. The molecule has 0 amide bonds. The Morgan fingerprint density at radius 1 is 1.15 bits per heavy atom. The summed E-state index contributed by atoms with van der Waals surface area (Å²) in [6.07, 6.45) is 7.03. The first kappa shape index (κ1) is 32.0. The summed E-state index contributed by atoms with van der Waals surface area (Å²) in [5.74, 6) is -0.523. The minimum Gasteiger partial charge on any atom is -0.390 e. The lowest BCUT2D eigenvalue weighted by Gasteiger charge is -2.33. The van der Waals surface area contributed by atoms with E-state index in [1.807, 2.05) is 52.6 Å². The highest BCUT2D eigenvalue weighted by molar-refractivity contribution is 5.92. The van der Waals surface area contributed by atoms with E-state index < -0.39 is 5.95 Å². The number of nitrogens with zero attached hydrogens (tertiary/aromatic N) is 8. The number of hydrogen-bond donors (Lipinski definition) is 0. The predicted octanol–water partition coefficient (Wildman–Crippen LogP) is 5.18. The molecule has 10 nitrogen and oxygen atoms in total. The van der Waals surface area contributed by atoms with E-state index in [2.05, 4.69) is 21.3 Å². The molecule has 4 rings (SSSR count). The summed E-state index contributed by atoms with van der Waals surface area (Å²) in [6, 6.07) is 8.99. The van der Waals surface area contributed by atoms with E-state index in [-0.39, 0.29) is 28.5 Å². The fraction of sp³-hybridized carbons (Fsp3) is 0.517. The van der Waals surface area contributed by atoms with Gasteiger partial charge in [-0.3, -0.25) is 9.48 Å². The van der Waals surface area contributed by atoms with Gasteiger partial charge < -0.3 is 14.3 Å². The Hall–Kier alpha value is -4.25. The molecule has 11 heteroatoms. The molecule has 1 fully saturated rings. The third-order valence-corrected chi connectivity index (χ3v) is 6.31. The first-order valence-corrected chi connectivity index (χ1v) is 13.4. The fourth-order valence-electron chi connectivity index (χ4n) is 4.36. The fourth-order valence-corrected chi connectivity index (χ4v) is 4.36. The van der Waals surface area contributed by atoms with E-state index in [4.69, 9.17) is 10.1 Å². The first-order valence-electron chi connectivity index (χ1n) is 13.4. The molecule has 0 spiro atoms. The molecule has 0 radical (unpaired) electrons. The normalized spacial score (nSPS) is 13.5. The van der Waals surface area contributed by atoms with Gasteiger partial charge in [-0.05, 0) is 45.7 Å². The smallest absolute Gasteiger partial charge is 0.270 e. The van der Waals surface area contributed by atoms with Gasteiger partial charge in [0.2, 0.25) is 5.95 Å². The van der Waals surface area contributed by atoms with Crippen LogP contribution in [0.3, 0.4) is 0 Å². The Balaban J connectivity index is 0.000000299. The molecule has 1 aliphatic rings. The number of hydrogen-bond acceptors (Lipinski definition) is 8. The molecule has 1 aliphatic carbocycles. The number of oxime groups is 1. The van der Waals surface area contributed by atoms with Gasteiger partial charge >= 0.3 is 0 Å². The van der Waals surface area contributed by atoms with Crippen LogP contribution in [-0.2, 0) is 18.9 Å². The lowest BCUT2D eigenvalue weighted by atomic mass is 9.93. The molecular weight excluding hydrogens is 511 g/mol. The second-order valence-electron chi connectivity index (χ2n) is 10.2. The van der Waals surface area contributed by atoms with Crippen LogP contribution in [-0.4, -0.2) is 44.2 Å². The molecule has 1 saturated carbocycles. The van der Waals surface area contributed by atoms with Crippen LogP contribution in [0.4, 0.5) is 10.1 Å². The molecule has 0 bridgehead atoms. The monoisotopic (exact) mass is 550 g/mol. The largest absolute Gasteiger partial charge is 0.390 e. The average Bonchev–Trinajstić information content (AvgIpc) is 3.27. The van der Waals surface area contributed by atoms with E-state index >= 15 is 0 Å². The molecule has 3 heterocycles. The van der Waals surface area contributed by atoms with Gasteiger partial charge in [-0.25, -0.2) is 4.98 Å². The van der Waals surface area contributed by atoms with Gasteiger partial charge in [0.1, 0.15) is 34.5 Å². The first-order chi connectivity index (χ1) is 19.0. The van der Waals surface area contributed by atoms with Crippen LogP contribution in [0.15, 0.2) is 28.1 Å². The van der Waals surface area contributed by atoms with Crippen molar-refractivity contribution in [3.63, 3.8) is 0 Å². The summed E-state index contributed by atoms with van der Waals surface area (Å²) >= 11 is 0. The third kappa shape index (κ3) is 7.89. The second-order valence-corrected chi connectivity index (χ2v) is 10.2. The SMILES string of the molecule is CC.CN(c1c(C#N)c(=O)n(C)c2ccc(C#N)nc12)C1CCCCC1.Cn1nc(F)cc1/C=N\OC(C)(C)C.